The number of aliphatic hydroxyl groups is 1. The summed E-state index contributed by atoms with van der Waals surface area (Å²) in [5.74, 6) is -0.704. The number of carbonyl (C=O) groups excluding carboxylic acids is 2. The largest absolute Gasteiger partial charge is 0.447 e. The van der Waals surface area contributed by atoms with Gasteiger partial charge in [0, 0.05) is 12.5 Å². The van der Waals surface area contributed by atoms with Crippen molar-refractivity contribution in [3.63, 3.8) is 0 Å². The molecule has 1 aromatic carbocycles. The highest BCUT2D eigenvalue weighted by atomic mass is 16.6. The second-order valence-corrected chi connectivity index (χ2v) is 11.8. The Balaban J connectivity index is 1.53. The number of rotatable bonds is 3. The zero-order valence-electron chi connectivity index (χ0n) is 20.8. The van der Waals surface area contributed by atoms with Crippen LogP contribution in [0.5, 0.6) is 0 Å². The van der Waals surface area contributed by atoms with Gasteiger partial charge >= 0.3 is 5.97 Å². The molecule has 5 heteroatoms. The first kappa shape index (κ1) is 23.5. The molecule has 182 valence electrons. The molecule has 5 nitrogen and oxygen atoms in total. The van der Waals surface area contributed by atoms with Crippen molar-refractivity contribution in [3.8, 4) is 0 Å². The number of hydrogen-bond acceptors (Lipinski definition) is 5. The van der Waals surface area contributed by atoms with Gasteiger partial charge in [0.25, 0.3) is 0 Å². The lowest BCUT2D eigenvalue weighted by molar-refractivity contribution is -0.168. The summed E-state index contributed by atoms with van der Waals surface area (Å²) < 4.78 is 12.3. The molecule has 34 heavy (non-hydrogen) atoms. The first-order valence-corrected chi connectivity index (χ1v) is 12.5. The normalized spacial score (nSPS) is 44.2. The van der Waals surface area contributed by atoms with Crippen molar-refractivity contribution in [1.29, 1.82) is 0 Å². The Labute approximate surface area is 202 Å². The van der Waals surface area contributed by atoms with Crippen LogP contribution in [0.2, 0.25) is 0 Å². The van der Waals surface area contributed by atoms with Crippen LogP contribution in [0.3, 0.4) is 0 Å². The molecule has 1 heterocycles. The van der Waals surface area contributed by atoms with E-state index in [1.807, 2.05) is 44.2 Å². The average Bonchev–Trinajstić information content (AvgIpc) is 3.57. The molecule has 8 atom stereocenters. The lowest BCUT2D eigenvalue weighted by atomic mass is 9.77. The van der Waals surface area contributed by atoms with E-state index in [-0.39, 0.29) is 23.2 Å². The first-order chi connectivity index (χ1) is 16.0. The summed E-state index contributed by atoms with van der Waals surface area (Å²) in [5.41, 5.74) is -0.200. The second-order valence-electron chi connectivity index (χ2n) is 11.8. The van der Waals surface area contributed by atoms with Crippen molar-refractivity contribution in [3.05, 3.63) is 53.6 Å². The number of aliphatic hydroxyl groups excluding tert-OH is 1. The van der Waals surface area contributed by atoms with Gasteiger partial charge in [0.05, 0.1) is 23.7 Å². The van der Waals surface area contributed by atoms with Crippen LogP contribution < -0.4 is 0 Å². The zero-order valence-corrected chi connectivity index (χ0v) is 20.8. The van der Waals surface area contributed by atoms with Gasteiger partial charge in [0.15, 0.2) is 5.60 Å². The van der Waals surface area contributed by atoms with E-state index in [0.29, 0.717) is 23.8 Å². The molecule has 0 radical (unpaired) electrons. The predicted molar refractivity (Wildman–Crippen MR) is 130 cm³/mol. The first-order valence-electron chi connectivity index (χ1n) is 12.5. The molecule has 3 fully saturated rings. The maximum absolute atomic E-state index is 14.1. The Bertz CT molecular complexity index is 1060. The van der Waals surface area contributed by atoms with Gasteiger partial charge in [-0.3, -0.25) is 4.79 Å². The van der Waals surface area contributed by atoms with Gasteiger partial charge in [-0.1, -0.05) is 57.2 Å². The smallest absolute Gasteiger partial charge is 0.331 e. The SMILES string of the molecule is C/C1=C\[C@@H]2[C@H](CC[C@@]3(C)O[C@H]3[C@H]3[C@@H](O)[C@@H](C)C[C@]3(OC(=O)/C=C/c3ccccc3)C1=O)C2(C)C. The Morgan fingerprint density at radius 1 is 1.21 bits per heavy atom. The number of Topliss-reactive ketones (excluding diaryl/α,β-unsaturated/α-hetero) is 1. The van der Waals surface area contributed by atoms with Gasteiger partial charge in [-0.15, -0.1) is 0 Å². The Hall–Kier alpha value is -2.24. The highest BCUT2D eigenvalue weighted by Crippen LogP contribution is 2.64. The quantitative estimate of drug-likeness (QED) is 0.397. The minimum Gasteiger partial charge on any atom is -0.447 e. The Morgan fingerprint density at radius 3 is 2.62 bits per heavy atom. The number of benzene rings is 1. The molecule has 0 unspecified atom stereocenters. The summed E-state index contributed by atoms with van der Waals surface area (Å²) in [5, 5.41) is 11.2. The predicted octanol–water partition coefficient (Wildman–Crippen LogP) is 4.74. The lowest BCUT2D eigenvalue weighted by Gasteiger charge is -2.34. The topological polar surface area (TPSA) is 76.1 Å². The van der Waals surface area contributed by atoms with E-state index in [9.17, 15) is 14.7 Å². The standard InChI is InChI=1S/C29H36O5/c1-17-15-21-20(27(21,3)4)13-14-28(5)26(34-28)23-24(31)18(2)16-29(23,25(17)32)33-22(30)12-11-19-9-7-6-8-10-19/h6-12,15,18,20-21,23-24,26,31H,13-14,16H2,1-5H3/b12-11+,17-15+/t18-,20-,21+,23+,24-,26-,28+,29+/m0/s1. The van der Waals surface area contributed by atoms with E-state index in [4.69, 9.17) is 9.47 Å². The third-order valence-electron chi connectivity index (χ3n) is 9.14. The molecule has 2 saturated carbocycles. The van der Waals surface area contributed by atoms with E-state index in [1.165, 1.54) is 6.08 Å². The molecule has 1 saturated heterocycles. The molecule has 0 amide bonds. The number of fused-ring (bicyclic) bond motifs is 4. The molecule has 3 aliphatic carbocycles. The molecule has 5 rings (SSSR count). The molecule has 0 bridgehead atoms. The molecule has 1 aromatic rings. The van der Waals surface area contributed by atoms with Crippen LogP contribution in [0.25, 0.3) is 6.08 Å². The summed E-state index contributed by atoms with van der Waals surface area (Å²) in [6.07, 6.45) is 6.26. The van der Waals surface area contributed by atoms with Crippen LogP contribution in [-0.4, -0.2) is 40.3 Å². The van der Waals surface area contributed by atoms with Crippen LogP contribution >= 0.6 is 0 Å². The van der Waals surface area contributed by atoms with E-state index in [1.54, 1.807) is 6.08 Å². The summed E-state index contributed by atoms with van der Waals surface area (Å²) >= 11 is 0. The number of ether oxygens (including phenoxy) is 2. The van der Waals surface area contributed by atoms with Gasteiger partial charge in [-0.25, -0.2) is 4.79 Å². The summed E-state index contributed by atoms with van der Waals surface area (Å²) in [6.45, 7) is 10.3. The second kappa shape index (κ2) is 7.89. The number of ketones is 1. The van der Waals surface area contributed by atoms with Gasteiger partial charge in [-0.05, 0) is 67.1 Å². The monoisotopic (exact) mass is 464 g/mol. The lowest BCUT2D eigenvalue weighted by Crippen LogP contribution is -2.52. The molecule has 1 aliphatic heterocycles. The van der Waals surface area contributed by atoms with Crippen molar-refractivity contribution in [2.24, 2.45) is 29.1 Å². The highest BCUT2D eigenvalue weighted by Gasteiger charge is 2.71. The van der Waals surface area contributed by atoms with E-state index < -0.39 is 29.2 Å². The Morgan fingerprint density at radius 2 is 1.91 bits per heavy atom. The highest BCUT2D eigenvalue weighted by molar-refractivity contribution is 6.04. The Kier molecular flexibility index (Phi) is 5.45. The molecule has 0 spiro atoms. The molecule has 0 aromatic heterocycles. The van der Waals surface area contributed by atoms with Crippen LogP contribution in [0.1, 0.15) is 59.4 Å². The fraction of sp³-hybridized carbons (Fsp3) is 0.586. The fourth-order valence-electron chi connectivity index (χ4n) is 6.83. The molecule has 4 aliphatic rings. The summed E-state index contributed by atoms with van der Waals surface area (Å²) in [7, 11) is 0. The zero-order chi connectivity index (χ0) is 24.5. The van der Waals surface area contributed by atoms with Gasteiger partial charge < -0.3 is 14.6 Å². The average molecular weight is 465 g/mol. The number of epoxide rings is 1. The van der Waals surface area contributed by atoms with Gasteiger partial charge in [-0.2, -0.15) is 0 Å². The van der Waals surface area contributed by atoms with Crippen LogP contribution in [0.15, 0.2) is 48.1 Å². The van der Waals surface area contributed by atoms with E-state index in [2.05, 4.69) is 26.8 Å². The van der Waals surface area contributed by atoms with Gasteiger partial charge in [0.2, 0.25) is 5.78 Å². The minimum atomic E-state index is -1.43. The fourth-order valence-corrected chi connectivity index (χ4v) is 6.83. The van der Waals surface area contributed by atoms with Gasteiger partial charge in [0.1, 0.15) is 0 Å². The number of hydrogen-bond donors (Lipinski definition) is 1. The number of allylic oxidation sites excluding steroid dienone is 1. The van der Waals surface area contributed by atoms with Crippen molar-refractivity contribution in [1.82, 2.24) is 0 Å². The van der Waals surface area contributed by atoms with Crippen LogP contribution in [0, 0.1) is 29.1 Å². The minimum absolute atomic E-state index is 0.144. The van der Waals surface area contributed by atoms with Crippen LogP contribution in [-0.2, 0) is 19.1 Å². The maximum atomic E-state index is 14.1. The number of carbonyl (C=O) groups is 2. The van der Waals surface area contributed by atoms with Crippen molar-refractivity contribution >= 4 is 17.8 Å². The van der Waals surface area contributed by atoms with E-state index in [0.717, 1.165) is 18.4 Å². The van der Waals surface area contributed by atoms with E-state index >= 15 is 0 Å². The molecule has 1 N–H and O–H groups in total. The maximum Gasteiger partial charge on any atom is 0.331 e. The van der Waals surface area contributed by atoms with Crippen LogP contribution in [0.4, 0.5) is 0 Å². The van der Waals surface area contributed by atoms with Crippen molar-refractivity contribution < 1.29 is 24.2 Å². The summed E-state index contributed by atoms with van der Waals surface area (Å²) in [4.78, 5) is 27.2. The third kappa shape index (κ3) is 3.68. The summed E-state index contributed by atoms with van der Waals surface area (Å²) in [6, 6.07) is 9.50. The third-order valence-corrected chi connectivity index (χ3v) is 9.14. The van der Waals surface area contributed by atoms with Crippen molar-refractivity contribution in [2.75, 3.05) is 0 Å². The van der Waals surface area contributed by atoms with Crippen molar-refractivity contribution in [2.45, 2.75) is 77.3 Å². The molecular formula is C29H36O5. The molecular weight excluding hydrogens is 428 g/mol. The number of esters is 1.